The number of carbonyl (C=O) groups is 1. The van der Waals surface area contributed by atoms with Crippen molar-refractivity contribution in [3.8, 4) is 10.6 Å². The zero-order valence-corrected chi connectivity index (χ0v) is 13.4. The number of carbonyl (C=O) groups excluding carboxylic acids is 1. The van der Waals surface area contributed by atoms with Gasteiger partial charge in [-0.3, -0.25) is 4.79 Å². The van der Waals surface area contributed by atoms with Crippen LogP contribution in [0, 0.1) is 0 Å². The molecule has 0 bridgehead atoms. The minimum atomic E-state index is 0.0850. The summed E-state index contributed by atoms with van der Waals surface area (Å²) in [5.41, 5.74) is 2.17. The second kappa shape index (κ2) is 6.01. The number of H-pyrrole nitrogens is 1. The van der Waals surface area contributed by atoms with E-state index in [-0.39, 0.29) is 11.9 Å². The SMILES string of the molecule is O=C(c1cnc(-c2ccccc2)s1)N1CCC[C@@H]1c1ccc[nH]1. The zero-order chi connectivity index (χ0) is 15.6. The third-order valence-corrected chi connectivity index (χ3v) is 5.27. The molecule has 1 aliphatic rings. The molecule has 1 N–H and O–H groups in total. The van der Waals surface area contributed by atoms with Crippen molar-refractivity contribution < 1.29 is 4.79 Å². The Morgan fingerprint density at radius 2 is 2.09 bits per heavy atom. The highest BCUT2D eigenvalue weighted by Crippen LogP contribution is 2.34. The van der Waals surface area contributed by atoms with Gasteiger partial charge in [0, 0.05) is 24.0 Å². The van der Waals surface area contributed by atoms with Gasteiger partial charge in [0.2, 0.25) is 0 Å². The average molecular weight is 323 g/mol. The van der Waals surface area contributed by atoms with Gasteiger partial charge >= 0.3 is 0 Å². The van der Waals surface area contributed by atoms with Crippen LogP contribution in [0.4, 0.5) is 0 Å². The number of rotatable bonds is 3. The van der Waals surface area contributed by atoms with E-state index in [1.165, 1.54) is 11.3 Å². The van der Waals surface area contributed by atoms with Crippen molar-refractivity contribution in [2.45, 2.75) is 18.9 Å². The smallest absolute Gasteiger partial charge is 0.266 e. The molecule has 4 rings (SSSR count). The van der Waals surface area contributed by atoms with E-state index in [2.05, 4.69) is 16.0 Å². The summed E-state index contributed by atoms with van der Waals surface area (Å²) in [6, 6.07) is 14.2. The maximum Gasteiger partial charge on any atom is 0.266 e. The topological polar surface area (TPSA) is 49.0 Å². The molecule has 116 valence electrons. The Labute approximate surface area is 138 Å². The van der Waals surface area contributed by atoms with E-state index < -0.39 is 0 Å². The predicted octanol–water partition coefficient (Wildman–Crippen LogP) is 4.12. The second-order valence-corrected chi connectivity index (χ2v) is 6.71. The van der Waals surface area contributed by atoms with E-state index in [9.17, 15) is 4.79 Å². The second-order valence-electron chi connectivity index (χ2n) is 5.68. The Morgan fingerprint density at radius 3 is 2.87 bits per heavy atom. The number of amides is 1. The maximum absolute atomic E-state index is 12.9. The van der Waals surface area contributed by atoms with E-state index >= 15 is 0 Å². The number of likely N-dealkylation sites (tertiary alicyclic amines) is 1. The first-order chi connectivity index (χ1) is 11.3. The molecule has 4 nitrogen and oxygen atoms in total. The normalized spacial score (nSPS) is 17.6. The van der Waals surface area contributed by atoms with E-state index in [0.717, 1.165) is 35.7 Å². The highest BCUT2D eigenvalue weighted by Gasteiger charge is 2.32. The van der Waals surface area contributed by atoms with Gasteiger partial charge in [-0.05, 0) is 25.0 Å². The number of nitrogens with zero attached hydrogens (tertiary/aromatic N) is 2. The molecule has 3 aromatic rings. The minimum Gasteiger partial charge on any atom is -0.363 e. The molecule has 1 aromatic carbocycles. The number of aromatic nitrogens is 2. The molecule has 0 radical (unpaired) electrons. The number of nitrogens with one attached hydrogen (secondary N) is 1. The first-order valence-electron chi connectivity index (χ1n) is 7.78. The monoisotopic (exact) mass is 323 g/mol. The predicted molar refractivity (Wildman–Crippen MR) is 91.4 cm³/mol. The molecule has 0 unspecified atom stereocenters. The number of hydrogen-bond donors (Lipinski definition) is 1. The van der Waals surface area contributed by atoms with Crippen LogP contribution in [-0.4, -0.2) is 27.3 Å². The van der Waals surface area contributed by atoms with Gasteiger partial charge in [0.25, 0.3) is 5.91 Å². The van der Waals surface area contributed by atoms with Crippen molar-refractivity contribution >= 4 is 17.2 Å². The number of benzene rings is 1. The minimum absolute atomic E-state index is 0.0850. The van der Waals surface area contributed by atoms with Crippen LogP contribution in [-0.2, 0) is 0 Å². The van der Waals surface area contributed by atoms with Crippen molar-refractivity contribution in [1.82, 2.24) is 14.9 Å². The molecule has 0 aliphatic carbocycles. The van der Waals surface area contributed by atoms with Crippen LogP contribution in [0.25, 0.3) is 10.6 Å². The van der Waals surface area contributed by atoms with Crippen molar-refractivity contribution in [2.75, 3.05) is 6.54 Å². The van der Waals surface area contributed by atoms with Crippen molar-refractivity contribution in [1.29, 1.82) is 0 Å². The van der Waals surface area contributed by atoms with Gasteiger partial charge < -0.3 is 9.88 Å². The summed E-state index contributed by atoms with van der Waals surface area (Å²) in [5, 5.41) is 0.893. The molecule has 2 aromatic heterocycles. The molecule has 1 atom stereocenters. The van der Waals surface area contributed by atoms with Gasteiger partial charge in [0.15, 0.2) is 0 Å². The fraction of sp³-hybridized carbons (Fsp3) is 0.222. The van der Waals surface area contributed by atoms with Gasteiger partial charge in [-0.2, -0.15) is 0 Å². The van der Waals surface area contributed by atoms with Gasteiger partial charge in [-0.1, -0.05) is 30.3 Å². The third-order valence-electron chi connectivity index (χ3n) is 4.23. The molecule has 3 heterocycles. The number of thiazole rings is 1. The highest BCUT2D eigenvalue weighted by molar-refractivity contribution is 7.16. The molecule has 1 saturated heterocycles. The molecule has 1 fully saturated rings. The summed E-state index contributed by atoms with van der Waals surface area (Å²) >= 11 is 1.47. The third kappa shape index (κ3) is 2.68. The van der Waals surface area contributed by atoms with Crippen LogP contribution >= 0.6 is 11.3 Å². The highest BCUT2D eigenvalue weighted by atomic mass is 32.1. The number of hydrogen-bond acceptors (Lipinski definition) is 3. The molecular formula is C18H17N3OS. The van der Waals surface area contributed by atoms with E-state index in [0.29, 0.717) is 4.88 Å². The Hall–Kier alpha value is -2.40. The molecular weight excluding hydrogens is 306 g/mol. The number of aromatic amines is 1. The molecule has 1 amide bonds. The van der Waals surface area contributed by atoms with Gasteiger partial charge in [-0.15, -0.1) is 11.3 Å². The summed E-state index contributed by atoms with van der Waals surface area (Å²) < 4.78 is 0. The lowest BCUT2D eigenvalue weighted by Crippen LogP contribution is -2.30. The average Bonchev–Trinajstić information content (AvgIpc) is 3.34. The first kappa shape index (κ1) is 14.2. The fourth-order valence-corrected chi connectivity index (χ4v) is 3.99. The maximum atomic E-state index is 12.9. The lowest BCUT2D eigenvalue weighted by Gasteiger charge is -2.23. The van der Waals surface area contributed by atoms with Crippen LogP contribution in [0.1, 0.15) is 34.2 Å². The molecule has 23 heavy (non-hydrogen) atoms. The lowest BCUT2D eigenvalue weighted by atomic mass is 10.1. The van der Waals surface area contributed by atoms with Gasteiger partial charge in [0.05, 0.1) is 12.2 Å². The van der Waals surface area contributed by atoms with Gasteiger partial charge in [0.1, 0.15) is 9.88 Å². The van der Waals surface area contributed by atoms with E-state index in [1.807, 2.05) is 47.5 Å². The van der Waals surface area contributed by atoms with Crippen molar-refractivity contribution in [2.24, 2.45) is 0 Å². The van der Waals surface area contributed by atoms with Crippen LogP contribution in [0.15, 0.2) is 54.9 Å². The Balaban J connectivity index is 1.59. The van der Waals surface area contributed by atoms with Crippen molar-refractivity contribution in [3.63, 3.8) is 0 Å². The molecule has 0 spiro atoms. The van der Waals surface area contributed by atoms with Crippen LogP contribution in [0.2, 0.25) is 0 Å². The standard InChI is InChI=1S/C18H17N3OS/c22-18(21-11-5-9-15(21)14-8-4-10-19-14)16-12-20-17(23-16)13-6-2-1-3-7-13/h1-4,6-8,10,12,15,19H,5,9,11H2/t15-/m1/s1. The summed E-state index contributed by atoms with van der Waals surface area (Å²) in [4.78, 5) is 23.2. The Kier molecular flexibility index (Phi) is 3.71. The largest absolute Gasteiger partial charge is 0.363 e. The lowest BCUT2D eigenvalue weighted by molar-refractivity contribution is 0.0738. The summed E-state index contributed by atoms with van der Waals surface area (Å²) in [7, 11) is 0. The Morgan fingerprint density at radius 1 is 1.22 bits per heavy atom. The van der Waals surface area contributed by atoms with Crippen molar-refractivity contribution in [3.05, 3.63) is 65.4 Å². The summed E-state index contributed by atoms with van der Waals surface area (Å²) in [6.07, 6.45) is 5.67. The Bertz CT molecular complexity index is 795. The summed E-state index contributed by atoms with van der Waals surface area (Å²) in [5.74, 6) is 0.0850. The van der Waals surface area contributed by atoms with Crippen LogP contribution in [0.5, 0.6) is 0 Å². The quantitative estimate of drug-likeness (QED) is 0.788. The van der Waals surface area contributed by atoms with E-state index in [1.54, 1.807) is 6.20 Å². The first-order valence-corrected chi connectivity index (χ1v) is 8.60. The molecule has 1 aliphatic heterocycles. The van der Waals surface area contributed by atoms with E-state index in [4.69, 9.17) is 0 Å². The molecule has 0 saturated carbocycles. The fourth-order valence-electron chi connectivity index (χ4n) is 3.11. The van der Waals surface area contributed by atoms with Crippen LogP contribution < -0.4 is 0 Å². The molecule has 5 heteroatoms. The summed E-state index contributed by atoms with van der Waals surface area (Å²) in [6.45, 7) is 0.807. The zero-order valence-electron chi connectivity index (χ0n) is 12.6. The van der Waals surface area contributed by atoms with Gasteiger partial charge in [-0.25, -0.2) is 4.98 Å². The van der Waals surface area contributed by atoms with Crippen LogP contribution in [0.3, 0.4) is 0 Å².